The van der Waals surface area contributed by atoms with Gasteiger partial charge in [0.1, 0.15) is 0 Å². The first-order valence-corrected chi connectivity index (χ1v) is 6.27. The lowest BCUT2D eigenvalue weighted by Crippen LogP contribution is -2.25. The van der Waals surface area contributed by atoms with Crippen molar-refractivity contribution in [2.24, 2.45) is 5.92 Å². The molecule has 1 atom stereocenters. The van der Waals surface area contributed by atoms with E-state index in [4.69, 9.17) is 11.6 Å². The van der Waals surface area contributed by atoms with Crippen molar-refractivity contribution in [2.75, 3.05) is 6.61 Å². The van der Waals surface area contributed by atoms with E-state index in [0.29, 0.717) is 22.1 Å². The van der Waals surface area contributed by atoms with Crippen LogP contribution in [0.25, 0.3) is 11.2 Å². The van der Waals surface area contributed by atoms with E-state index >= 15 is 0 Å². The predicted molar refractivity (Wildman–Crippen MR) is 70.9 cm³/mol. The van der Waals surface area contributed by atoms with Crippen LogP contribution in [0, 0.1) is 5.92 Å². The van der Waals surface area contributed by atoms with Crippen LogP contribution in [-0.2, 0) is 0 Å². The molecule has 2 rings (SSSR count). The van der Waals surface area contributed by atoms with E-state index < -0.39 is 0 Å². The monoisotopic (exact) mass is 269 g/mol. The van der Waals surface area contributed by atoms with Crippen LogP contribution in [0.15, 0.2) is 17.1 Å². The molecule has 2 N–H and O–H groups in total. The highest BCUT2D eigenvalue weighted by atomic mass is 35.5. The van der Waals surface area contributed by atoms with E-state index in [1.807, 2.05) is 13.8 Å². The van der Waals surface area contributed by atoms with E-state index in [1.165, 1.54) is 10.8 Å². The van der Waals surface area contributed by atoms with Crippen LogP contribution < -0.4 is 5.69 Å². The lowest BCUT2D eigenvalue weighted by molar-refractivity contribution is 0.209. The van der Waals surface area contributed by atoms with Crippen LogP contribution in [-0.4, -0.2) is 26.2 Å². The first kappa shape index (κ1) is 13.1. The van der Waals surface area contributed by atoms with Crippen LogP contribution in [0.2, 0.25) is 5.02 Å². The minimum absolute atomic E-state index is 0.0858. The third-order valence-electron chi connectivity index (χ3n) is 2.86. The number of fused-ring (bicyclic) bond motifs is 1. The SMILES string of the molecule is CC(C)CC(CO)n1c(=O)[nH]c2ncc(Cl)cc21. The molecule has 18 heavy (non-hydrogen) atoms. The molecule has 0 fully saturated rings. The molecule has 0 saturated heterocycles. The first-order valence-electron chi connectivity index (χ1n) is 5.89. The average Bonchev–Trinajstić information content (AvgIpc) is 2.61. The standard InChI is InChI=1S/C12H16ClN3O2/c1-7(2)3-9(6-17)16-10-4-8(13)5-14-11(10)15-12(16)18/h4-5,7,9,17H,3,6H2,1-2H3,(H,14,15,18). The van der Waals surface area contributed by atoms with Crippen molar-refractivity contribution in [3.8, 4) is 0 Å². The number of H-pyrrole nitrogens is 1. The van der Waals surface area contributed by atoms with Gasteiger partial charge in [0, 0.05) is 6.20 Å². The van der Waals surface area contributed by atoms with Gasteiger partial charge in [-0.25, -0.2) is 9.78 Å². The Morgan fingerprint density at radius 2 is 2.28 bits per heavy atom. The number of aromatic nitrogens is 3. The van der Waals surface area contributed by atoms with Gasteiger partial charge in [-0.2, -0.15) is 0 Å². The Morgan fingerprint density at radius 3 is 2.89 bits per heavy atom. The third kappa shape index (κ3) is 2.42. The summed E-state index contributed by atoms with van der Waals surface area (Å²) in [5, 5.41) is 9.94. The van der Waals surface area contributed by atoms with Crippen molar-refractivity contribution in [1.29, 1.82) is 0 Å². The highest BCUT2D eigenvalue weighted by Crippen LogP contribution is 2.21. The van der Waals surface area contributed by atoms with Crippen LogP contribution in [0.1, 0.15) is 26.3 Å². The summed E-state index contributed by atoms with van der Waals surface area (Å²) in [5.41, 5.74) is 0.860. The van der Waals surface area contributed by atoms with Crippen molar-refractivity contribution >= 4 is 22.8 Å². The molecule has 0 saturated carbocycles. The second-order valence-corrected chi connectivity index (χ2v) is 5.22. The van der Waals surface area contributed by atoms with Gasteiger partial charge in [0.25, 0.3) is 0 Å². The molecule has 5 nitrogen and oxygen atoms in total. The summed E-state index contributed by atoms with van der Waals surface area (Å²) in [4.78, 5) is 18.7. The second-order valence-electron chi connectivity index (χ2n) is 4.79. The highest BCUT2D eigenvalue weighted by molar-refractivity contribution is 6.31. The number of hydrogen-bond donors (Lipinski definition) is 2. The maximum Gasteiger partial charge on any atom is 0.328 e. The number of nitrogens with zero attached hydrogens (tertiary/aromatic N) is 2. The van der Waals surface area contributed by atoms with Crippen LogP contribution in [0.5, 0.6) is 0 Å². The summed E-state index contributed by atoms with van der Waals surface area (Å²) in [6.45, 7) is 4.01. The quantitative estimate of drug-likeness (QED) is 0.891. The molecule has 0 radical (unpaired) electrons. The minimum Gasteiger partial charge on any atom is -0.394 e. The maximum absolute atomic E-state index is 11.9. The minimum atomic E-state index is -0.264. The number of rotatable bonds is 4. The summed E-state index contributed by atoms with van der Waals surface area (Å²) in [6, 6.07) is 1.43. The zero-order valence-electron chi connectivity index (χ0n) is 10.4. The van der Waals surface area contributed by atoms with Gasteiger partial charge in [0.2, 0.25) is 0 Å². The van der Waals surface area contributed by atoms with Crippen molar-refractivity contribution < 1.29 is 5.11 Å². The molecule has 0 amide bonds. The Morgan fingerprint density at radius 1 is 1.56 bits per heavy atom. The lowest BCUT2D eigenvalue weighted by atomic mass is 10.0. The van der Waals surface area contributed by atoms with Crippen molar-refractivity contribution in [1.82, 2.24) is 14.5 Å². The maximum atomic E-state index is 11.9. The lowest BCUT2D eigenvalue weighted by Gasteiger charge is -2.18. The van der Waals surface area contributed by atoms with Gasteiger partial charge in [-0.15, -0.1) is 0 Å². The van der Waals surface area contributed by atoms with Crippen LogP contribution in [0.4, 0.5) is 0 Å². The van der Waals surface area contributed by atoms with Crippen molar-refractivity contribution in [3.63, 3.8) is 0 Å². The summed E-state index contributed by atoms with van der Waals surface area (Å²) in [6.07, 6.45) is 2.20. The van der Waals surface area contributed by atoms with E-state index in [9.17, 15) is 9.90 Å². The van der Waals surface area contributed by atoms with Crippen molar-refractivity contribution in [3.05, 3.63) is 27.8 Å². The van der Waals surface area contributed by atoms with Gasteiger partial charge in [0.15, 0.2) is 5.65 Å². The number of halogens is 1. The Kier molecular flexibility index (Phi) is 3.73. The third-order valence-corrected chi connectivity index (χ3v) is 3.06. The Bertz CT molecular complexity index is 603. The highest BCUT2D eigenvalue weighted by Gasteiger charge is 2.18. The van der Waals surface area contributed by atoms with E-state index in [1.54, 1.807) is 6.07 Å². The van der Waals surface area contributed by atoms with Gasteiger partial charge in [0.05, 0.1) is 23.2 Å². The number of hydrogen-bond acceptors (Lipinski definition) is 3. The topological polar surface area (TPSA) is 70.9 Å². The summed E-state index contributed by atoms with van der Waals surface area (Å²) >= 11 is 5.90. The number of aliphatic hydroxyl groups is 1. The molecule has 2 aromatic heterocycles. The molecular weight excluding hydrogens is 254 g/mol. The Hall–Kier alpha value is -1.33. The fourth-order valence-corrected chi connectivity index (χ4v) is 2.30. The molecular formula is C12H16ClN3O2. The van der Waals surface area contributed by atoms with Crippen LogP contribution >= 0.6 is 11.6 Å². The summed E-state index contributed by atoms with van der Waals surface area (Å²) in [7, 11) is 0. The fraction of sp³-hybridized carbons (Fsp3) is 0.500. The zero-order chi connectivity index (χ0) is 13.3. The molecule has 2 heterocycles. The number of pyridine rings is 1. The van der Waals surface area contributed by atoms with E-state index in [-0.39, 0.29) is 18.3 Å². The summed E-state index contributed by atoms with van der Waals surface area (Å²) < 4.78 is 1.54. The van der Waals surface area contributed by atoms with Crippen molar-refractivity contribution in [2.45, 2.75) is 26.3 Å². The molecule has 0 bridgehead atoms. The van der Waals surface area contributed by atoms with E-state index in [2.05, 4.69) is 9.97 Å². The van der Waals surface area contributed by atoms with Gasteiger partial charge in [-0.3, -0.25) is 9.55 Å². The van der Waals surface area contributed by atoms with Gasteiger partial charge < -0.3 is 5.11 Å². The molecule has 0 aromatic carbocycles. The first-order chi connectivity index (χ1) is 8.52. The molecule has 0 aliphatic heterocycles. The molecule has 1 unspecified atom stereocenters. The number of imidazole rings is 1. The van der Waals surface area contributed by atoms with E-state index in [0.717, 1.165) is 6.42 Å². The largest absolute Gasteiger partial charge is 0.394 e. The van der Waals surface area contributed by atoms with Gasteiger partial charge in [-0.1, -0.05) is 25.4 Å². The fourth-order valence-electron chi connectivity index (χ4n) is 2.15. The number of nitrogens with one attached hydrogen (secondary N) is 1. The van der Waals surface area contributed by atoms with Crippen LogP contribution in [0.3, 0.4) is 0 Å². The Labute approximate surface area is 109 Å². The Balaban J connectivity index is 2.57. The molecule has 0 aliphatic rings. The normalized spacial score (nSPS) is 13.4. The summed E-state index contributed by atoms with van der Waals surface area (Å²) in [5.74, 6) is 0.381. The van der Waals surface area contributed by atoms with Gasteiger partial charge >= 0.3 is 5.69 Å². The smallest absolute Gasteiger partial charge is 0.328 e. The molecule has 0 aliphatic carbocycles. The molecule has 0 spiro atoms. The molecule has 6 heteroatoms. The zero-order valence-corrected chi connectivity index (χ0v) is 11.1. The molecule has 2 aromatic rings. The number of aliphatic hydroxyl groups excluding tert-OH is 1. The molecule has 98 valence electrons. The second kappa shape index (κ2) is 5.12. The number of aromatic amines is 1. The van der Waals surface area contributed by atoms with Gasteiger partial charge in [-0.05, 0) is 18.4 Å². The predicted octanol–water partition coefficient (Wildman–Crippen LogP) is 1.96. The average molecular weight is 270 g/mol.